The van der Waals surface area contributed by atoms with E-state index in [1.165, 1.54) is 0 Å². The molecule has 0 bridgehead atoms. The maximum absolute atomic E-state index is 11.9. The highest BCUT2D eigenvalue weighted by atomic mass is 16.6. The molecule has 1 aliphatic rings. The Bertz CT molecular complexity index is 453. The first-order valence-electron chi connectivity index (χ1n) is 8.54. The molecule has 0 radical (unpaired) electrons. The third kappa shape index (κ3) is 7.52. The molecule has 0 aromatic rings. The number of amides is 2. The lowest BCUT2D eigenvalue weighted by atomic mass is 10.1. The van der Waals surface area contributed by atoms with E-state index in [0.29, 0.717) is 32.1 Å². The summed E-state index contributed by atoms with van der Waals surface area (Å²) < 4.78 is 5.32. The first-order chi connectivity index (χ1) is 11.2. The molecule has 0 aromatic heterocycles. The Morgan fingerprint density at radius 1 is 1.21 bits per heavy atom. The molecule has 2 amide bonds. The van der Waals surface area contributed by atoms with Crippen molar-refractivity contribution in [1.29, 1.82) is 0 Å². The van der Waals surface area contributed by atoms with Gasteiger partial charge in [-0.05, 0) is 34.1 Å². The van der Waals surface area contributed by atoms with E-state index < -0.39 is 5.60 Å². The van der Waals surface area contributed by atoms with Crippen LogP contribution in [0.15, 0.2) is 4.99 Å². The molecular formula is C16H31N5O3. The van der Waals surface area contributed by atoms with Crippen molar-refractivity contribution in [3.63, 3.8) is 0 Å². The van der Waals surface area contributed by atoms with E-state index in [1.54, 1.807) is 4.90 Å². The van der Waals surface area contributed by atoms with Crippen LogP contribution in [0.2, 0.25) is 0 Å². The minimum absolute atomic E-state index is 0.0812. The van der Waals surface area contributed by atoms with Crippen molar-refractivity contribution in [3.05, 3.63) is 0 Å². The summed E-state index contributed by atoms with van der Waals surface area (Å²) in [6.45, 7) is 12.1. The second-order valence-electron chi connectivity index (χ2n) is 6.77. The Labute approximate surface area is 144 Å². The summed E-state index contributed by atoms with van der Waals surface area (Å²) in [5, 5.41) is 9.11. The molecule has 1 heterocycles. The van der Waals surface area contributed by atoms with Gasteiger partial charge in [-0.2, -0.15) is 0 Å². The van der Waals surface area contributed by atoms with Crippen molar-refractivity contribution in [3.8, 4) is 0 Å². The summed E-state index contributed by atoms with van der Waals surface area (Å²) in [4.78, 5) is 29.4. The zero-order valence-electron chi connectivity index (χ0n) is 15.4. The first-order valence-corrected chi connectivity index (χ1v) is 8.54. The molecule has 0 unspecified atom stereocenters. The van der Waals surface area contributed by atoms with Gasteiger partial charge in [-0.15, -0.1) is 0 Å². The zero-order valence-corrected chi connectivity index (χ0v) is 15.4. The molecule has 0 saturated carbocycles. The predicted octanol–water partition coefficient (Wildman–Crippen LogP) is 0.687. The topological polar surface area (TPSA) is 95.1 Å². The first kappa shape index (κ1) is 20.1. The number of nitrogens with zero attached hydrogens (tertiary/aromatic N) is 2. The van der Waals surface area contributed by atoms with E-state index in [4.69, 9.17) is 4.74 Å². The molecule has 8 nitrogen and oxygen atoms in total. The number of carbonyl (C=O) groups excluding carboxylic acids is 2. The van der Waals surface area contributed by atoms with Crippen molar-refractivity contribution < 1.29 is 14.3 Å². The molecule has 24 heavy (non-hydrogen) atoms. The quantitative estimate of drug-likeness (QED) is 0.488. The van der Waals surface area contributed by atoms with Crippen molar-refractivity contribution in [2.24, 2.45) is 4.99 Å². The molecule has 3 N–H and O–H groups in total. The van der Waals surface area contributed by atoms with E-state index in [9.17, 15) is 9.59 Å². The molecule has 0 aromatic carbocycles. The van der Waals surface area contributed by atoms with Crippen LogP contribution in [-0.4, -0.2) is 67.2 Å². The minimum atomic E-state index is -0.488. The van der Waals surface area contributed by atoms with Crippen LogP contribution < -0.4 is 16.0 Å². The Morgan fingerprint density at radius 3 is 2.42 bits per heavy atom. The molecule has 0 aliphatic carbocycles. The maximum atomic E-state index is 11.9. The van der Waals surface area contributed by atoms with Gasteiger partial charge in [-0.1, -0.05) is 6.92 Å². The molecular weight excluding hydrogens is 310 g/mol. The van der Waals surface area contributed by atoms with Gasteiger partial charge in [0.05, 0.1) is 6.04 Å². The van der Waals surface area contributed by atoms with Crippen LogP contribution in [-0.2, 0) is 9.53 Å². The van der Waals surface area contributed by atoms with Gasteiger partial charge in [0.15, 0.2) is 5.96 Å². The number of carbonyl (C=O) groups is 2. The van der Waals surface area contributed by atoms with Crippen LogP contribution in [0.3, 0.4) is 0 Å². The lowest BCUT2D eigenvalue weighted by molar-refractivity contribution is -0.119. The lowest BCUT2D eigenvalue weighted by Crippen LogP contribution is -2.63. The molecule has 138 valence electrons. The number of hydrogen-bond donors (Lipinski definition) is 3. The zero-order chi connectivity index (χ0) is 18.2. The Hall–Kier alpha value is -1.99. The predicted molar refractivity (Wildman–Crippen MR) is 94.0 cm³/mol. The van der Waals surface area contributed by atoms with Gasteiger partial charge in [0.1, 0.15) is 12.1 Å². The Balaban J connectivity index is 2.40. The smallest absolute Gasteiger partial charge is 0.410 e. The molecule has 1 saturated heterocycles. The summed E-state index contributed by atoms with van der Waals surface area (Å²) in [6, 6.07) is 0.106. The monoisotopic (exact) mass is 341 g/mol. The standard InChI is InChI=1S/C16H31N5O3/c1-6-8-18-13(22)9-19-14(17-7-2)20-12-10-21(11-12)15(23)24-16(3,4)5/h12H,6-11H2,1-5H3,(H,18,22)(H2,17,19,20). The molecule has 0 spiro atoms. The lowest BCUT2D eigenvalue weighted by Gasteiger charge is -2.40. The van der Waals surface area contributed by atoms with Gasteiger partial charge in [0.25, 0.3) is 0 Å². The van der Waals surface area contributed by atoms with Crippen molar-refractivity contribution >= 4 is 18.0 Å². The number of likely N-dealkylation sites (tertiary alicyclic amines) is 1. The summed E-state index contributed by atoms with van der Waals surface area (Å²) >= 11 is 0. The Morgan fingerprint density at radius 2 is 1.88 bits per heavy atom. The highest BCUT2D eigenvalue weighted by Crippen LogP contribution is 2.15. The highest BCUT2D eigenvalue weighted by Gasteiger charge is 2.34. The van der Waals surface area contributed by atoms with Gasteiger partial charge >= 0.3 is 6.09 Å². The van der Waals surface area contributed by atoms with E-state index in [1.807, 2.05) is 34.6 Å². The van der Waals surface area contributed by atoms with Crippen LogP contribution >= 0.6 is 0 Å². The molecule has 0 atom stereocenters. The van der Waals surface area contributed by atoms with Gasteiger partial charge in [-0.3, -0.25) is 4.79 Å². The number of aliphatic imine (C=N–C) groups is 1. The van der Waals surface area contributed by atoms with Crippen LogP contribution in [0.25, 0.3) is 0 Å². The van der Waals surface area contributed by atoms with Crippen molar-refractivity contribution in [2.75, 3.05) is 32.7 Å². The number of ether oxygens (including phenoxy) is 1. The SMILES string of the molecule is CCCNC(=O)CN=C(NCC)NC1CN(C(=O)OC(C)(C)C)C1. The fraction of sp³-hybridized carbons (Fsp3) is 0.812. The van der Waals surface area contributed by atoms with E-state index in [2.05, 4.69) is 20.9 Å². The van der Waals surface area contributed by atoms with Gasteiger partial charge in [0.2, 0.25) is 5.91 Å². The molecule has 1 aliphatic heterocycles. The number of nitrogens with one attached hydrogen (secondary N) is 3. The van der Waals surface area contributed by atoms with Gasteiger partial charge < -0.3 is 25.6 Å². The molecule has 1 rings (SSSR count). The third-order valence-corrected chi connectivity index (χ3v) is 3.17. The van der Waals surface area contributed by atoms with Crippen LogP contribution in [0.4, 0.5) is 4.79 Å². The van der Waals surface area contributed by atoms with E-state index >= 15 is 0 Å². The van der Waals surface area contributed by atoms with Crippen LogP contribution in [0, 0.1) is 0 Å². The van der Waals surface area contributed by atoms with Crippen molar-refractivity contribution in [2.45, 2.75) is 52.7 Å². The number of hydrogen-bond acceptors (Lipinski definition) is 4. The Kier molecular flexibility index (Phi) is 7.81. The summed E-state index contributed by atoms with van der Waals surface area (Å²) in [5.74, 6) is 0.482. The van der Waals surface area contributed by atoms with E-state index in [0.717, 1.165) is 6.42 Å². The molecule has 1 fully saturated rings. The largest absolute Gasteiger partial charge is 0.444 e. The highest BCUT2D eigenvalue weighted by molar-refractivity contribution is 5.85. The average molecular weight is 341 g/mol. The summed E-state index contributed by atoms with van der Waals surface area (Å²) in [5.41, 5.74) is -0.488. The van der Waals surface area contributed by atoms with Crippen molar-refractivity contribution in [1.82, 2.24) is 20.9 Å². The third-order valence-electron chi connectivity index (χ3n) is 3.17. The normalized spacial score (nSPS) is 15.5. The number of rotatable bonds is 6. The second kappa shape index (κ2) is 9.34. The second-order valence-corrected chi connectivity index (χ2v) is 6.77. The average Bonchev–Trinajstić information content (AvgIpc) is 2.43. The summed E-state index contributed by atoms with van der Waals surface area (Å²) in [6.07, 6.45) is 0.595. The fourth-order valence-corrected chi connectivity index (χ4v) is 2.03. The summed E-state index contributed by atoms with van der Waals surface area (Å²) in [7, 11) is 0. The van der Waals surface area contributed by atoms with Gasteiger partial charge in [-0.25, -0.2) is 9.79 Å². The van der Waals surface area contributed by atoms with Crippen LogP contribution in [0.1, 0.15) is 41.0 Å². The minimum Gasteiger partial charge on any atom is -0.444 e. The molecule has 8 heteroatoms. The van der Waals surface area contributed by atoms with E-state index in [-0.39, 0.29) is 24.6 Å². The number of guanidine groups is 1. The van der Waals surface area contributed by atoms with Gasteiger partial charge in [0, 0.05) is 26.2 Å². The van der Waals surface area contributed by atoms with Crippen LogP contribution in [0.5, 0.6) is 0 Å². The fourth-order valence-electron chi connectivity index (χ4n) is 2.03. The maximum Gasteiger partial charge on any atom is 0.410 e.